The van der Waals surface area contributed by atoms with E-state index >= 15 is 0 Å². The van der Waals surface area contributed by atoms with Crippen molar-refractivity contribution in [2.45, 2.75) is 13.0 Å². The summed E-state index contributed by atoms with van der Waals surface area (Å²) >= 11 is 3.27. The minimum absolute atomic E-state index is 0.350. The third-order valence-electron chi connectivity index (χ3n) is 3.52. The average molecular weight is 435 g/mol. The Hall–Kier alpha value is -2.87. The lowest BCUT2D eigenvalue weighted by molar-refractivity contribution is -0.152. The van der Waals surface area contributed by atoms with Gasteiger partial charge in [-0.3, -0.25) is 14.4 Å². The van der Waals surface area contributed by atoms with E-state index in [0.29, 0.717) is 17.0 Å². The van der Waals surface area contributed by atoms with Crippen LogP contribution in [0.5, 0.6) is 5.75 Å². The van der Waals surface area contributed by atoms with Gasteiger partial charge >= 0.3 is 5.97 Å². The molecule has 0 aliphatic rings. The molecule has 0 heterocycles. The Bertz CT molecular complexity index is 840. The Morgan fingerprint density at radius 2 is 1.85 bits per heavy atom. The molecule has 27 heavy (non-hydrogen) atoms. The number of amides is 2. The first-order valence-electron chi connectivity index (χ1n) is 8.08. The molecule has 0 spiro atoms. The number of anilines is 1. The highest BCUT2D eigenvalue weighted by molar-refractivity contribution is 9.10. The van der Waals surface area contributed by atoms with Crippen molar-refractivity contribution in [3.8, 4) is 5.75 Å². The van der Waals surface area contributed by atoms with Gasteiger partial charge in [0.15, 0.2) is 6.10 Å². The Morgan fingerprint density at radius 1 is 1.11 bits per heavy atom. The molecule has 2 aromatic carbocycles. The summed E-state index contributed by atoms with van der Waals surface area (Å²) in [5.41, 5.74) is 0.870. The van der Waals surface area contributed by atoms with Crippen molar-refractivity contribution in [3.63, 3.8) is 0 Å². The predicted octanol–water partition coefficient (Wildman–Crippen LogP) is 2.76. The maximum absolute atomic E-state index is 12.2. The summed E-state index contributed by atoms with van der Waals surface area (Å²) in [6.07, 6.45) is -1.04. The minimum Gasteiger partial charge on any atom is -0.495 e. The van der Waals surface area contributed by atoms with Crippen molar-refractivity contribution >= 4 is 39.4 Å². The van der Waals surface area contributed by atoms with Crippen molar-refractivity contribution < 1.29 is 23.9 Å². The van der Waals surface area contributed by atoms with Gasteiger partial charge in [0, 0.05) is 10.0 Å². The molecule has 2 N–H and O–H groups in total. The smallest absolute Gasteiger partial charge is 0.326 e. The lowest BCUT2D eigenvalue weighted by atomic mass is 10.2. The maximum atomic E-state index is 12.2. The van der Waals surface area contributed by atoms with Gasteiger partial charge in [0.1, 0.15) is 12.3 Å². The molecule has 0 aromatic heterocycles. The van der Waals surface area contributed by atoms with E-state index in [1.165, 1.54) is 14.0 Å². The Balaban J connectivity index is 1.84. The molecule has 0 bridgehead atoms. The summed E-state index contributed by atoms with van der Waals surface area (Å²) in [7, 11) is 1.49. The standard InChI is InChI=1S/C19H19BrN2O5/c1-12(18(24)22-15-8-3-4-9-16(15)26-2)27-17(23)11-21-19(25)13-6-5-7-14(20)10-13/h3-10,12H,11H2,1-2H3,(H,21,25)(H,22,24). The fraction of sp³-hybridized carbons (Fsp3) is 0.211. The van der Waals surface area contributed by atoms with Gasteiger partial charge in [-0.25, -0.2) is 0 Å². The lowest BCUT2D eigenvalue weighted by Crippen LogP contribution is -2.35. The zero-order chi connectivity index (χ0) is 19.8. The number of carbonyl (C=O) groups is 3. The first-order valence-corrected chi connectivity index (χ1v) is 8.87. The summed E-state index contributed by atoms with van der Waals surface area (Å²) in [6.45, 7) is 1.09. The second kappa shape index (κ2) is 9.72. The Morgan fingerprint density at radius 3 is 2.56 bits per heavy atom. The second-order valence-corrected chi connectivity index (χ2v) is 6.43. The number of benzene rings is 2. The van der Waals surface area contributed by atoms with E-state index in [2.05, 4.69) is 26.6 Å². The molecule has 2 rings (SSSR count). The molecule has 1 atom stereocenters. The van der Waals surface area contributed by atoms with Gasteiger partial charge in [0.05, 0.1) is 12.8 Å². The van der Waals surface area contributed by atoms with Crippen LogP contribution in [0.15, 0.2) is 53.0 Å². The van der Waals surface area contributed by atoms with E-state index in [1.807, 2.05) is 0 Å². The van der Waals surface area contributed by atoms with Gasteiger partial charge in [-0.2, -0.15) is 0 Å². The minimum atomic E-state index is -1.04. The number of carbonyl (C=O) groups excluding carboxylic acids is 3. The Kier molecular flexibility index (Phi) is 7.36. The topological polar surface area (TPSA) is 93.7 Å². The molecule has 0 aliphatic heterocycles. The van der Waals surface area contributed by atoms with Crippen molar-refractivity contribution in [2.75, 3.05) is 19.0 Å². The molecular formula is C19H19BrN2O5. The molecule has 0 saturated carbocycles. The summed E-state index contributed by atoms with van der Waals surface area (Å²) < 4.78 is 11.0. The van der Waals surface area contributed by atoms with E-state index < -0.39 is 23.9 Å². The quantitative estimate of drug-likeness (QED) is 0.653. The molecular weight excluding hydrogens is 416 g/mol. The van der Waals surface area contributed by atoms with Crippen molar-refractivity contribution in [2.24, 2.45) is 0 Å². The first kappa shape index (κ1) is 20.4. The van der Waals surface area contributed by atoms with Crippen LogP contribution in [0.3, 0.4) is 0 Å². The second-order valence-electron chi connectivity index (χ2n) is 5.51. The van der Waals surface area contributed by atoms with E-state index in [1.54, 1.807) is 48.5 Å². The van der Waals surface area contributed by atoms with Crippen molar-refractivity contribution in [1.29, 1.82) is 0 Å². The number of hydrogen-bond acceptors (Lipinski definition) is 5. The summed E-state index contributed by atoms with van der Waals surface area (Å²) in [5.74, 6) is -1.16. The number of esters is 1. The van der Waals surface area contributed by atoms with Crippen LogP contribution in [0.4, 0.5) is 5.69 Å². The molecule has 8 heteroatoms. The number of hydrogen-bond donors (Lipinski definition) is 2. The SMILES string of the molecule is COc1ccccc1NC(=O)C(C)OC(=O)CNC(=O)c1cccc(Br)c1. The fourth-order valence-corrected chi connectivity index (χ4v) is 2.56. The zero-order valence-electron chi connectivity index (χ0n) is 14.8. The molecule has 0 saturated heterocycles. The highest BCUT2D eigenvalue weighted by Crippen LogP contribution is 2.23. The van der Waals surface area contributed by atoms with Crippen LogP contribution in [0.25, 0.3) is 0 Å². The molecule has 7 nitrogen and oxygen atoms in total. The zero-order valence-corrected chi connectivity index (χ0v) is 16.4. The van der Waals surface area contributed by atoms with Crippen LogP contribution >= 0.6 is 15.9 Å². The van der Waals surface area contributed by atoms with Crippen molar-refractivity contribution in [3.05, 3.63) is 58.6 Å². The predicted molar refractivity (Wildman–Crippen MR) is 104 cm³/mol. The van der Waals surface area contributed by atoms with Gasteiger partial charge in [0.25, 0.3) is 11.8 Å². The van der Waals surface area contributed by atoms with Gasteiger partial charge in [-0.1, -0.05) is 34.1 Å². The Labute approximate surface area is 165 Å². The van der Waals surface area contributed by atoms with Gasteiger partial charge in [-0.05, 0) is 37.3 Å². The van der Waals surface area contributed by atoms with Crippen LogP contribution in [-0.2, 0) is 14.3 Å². The van der Waals surface area contributed by atoms with Crippen LogP contribution in [0.1, 0.15) is 17.3 Å². The number of ether oxygens (including phenoxy) is 2. The third-order valence-corrected chi connectivity index (χ3v) is 4.02. The largest absolute Gasteiger partial charge is 0.495 e. The number of nitrogens with one attached hydrogen (secondary N) is 2. The van der Waals surface area contributed by atoms with Crippen LogP contribution in [-0.4, -0.2) is 37.5 Å². The molecule has 0 radical (unpaired) electrons. The monoisotopic (exact) mass is 434 g/mol. The molecule has 2 amide bonds. The van der Waals surface area contributed by atoms with Crippen molar-refractivity contribution in [1.82, 2.24) is 5.32 Å². The highest BCUT2D eigenvalue weighted by atomic mass is 79.9. The molecule has 0 aliphatic carbocycles. The maximum Gasteiger partial charge on any atom is 0.326 e. The number of halogens is 1. The lowest BCUT2D eigenvalue weighted by Gasteiger charge is -2.15. The third kappa shape index (κ3) is 6.10. The molecule has 2 aromatic rings. The van der Waals surface area contributed by atoms with Crippen LogP contribution < -0.4 is 15.4 Å². The summed E-state index contributed by atoms with van der Waals surface area (Å²) in [5, 5.41) is 5.08. The van der Waals surface area contributed by atoms with Crippen LogP contribution in [0, 0.1) is 0 Å². The molecule has 1 unspecified atom stereocenters. The highest BCUT2D eigenvalue weighted by Gasteiger charge is 2.19. The summed E-state index contributed by atoms with van der Waals surface area (Å²) in [4.78, 5) is 36.1. The van der Waals surface area contributed by atoms with Gasteiger partial charge in [0.2, 0.25) is 0 Å². The van der Waals surface area contributed by atoms with E-state index in [-0.39, 0.29) is 6.54 Å². The molecule has 0 fully saturated rings. The normalized spacial score (nSPS) is 11.2. The molecule has 142 valence electrons. The van der Waals surface area contributed by atoms with E-state index in [0.717, 1.165) is 4.47 Å². The number of rotatable bonds is 7. The first-order chi connectivity index (χ1) is 12.9. The summed E-state index contributed by atoms with van der Waals surface area (Å²) in [6, 6.07) is 13.6. The van der Waals surface area contributed by atoms with E-state index in [4.69, 9.17) is 9.47 Å². The average Bonchev–Trinajstić information content (AvgIpc) is 2.66. The number of methoxy groups -OCH3 is 1. The van der Waals surface area contributed by atoms with Gasteiger partial charge < -0.3 is 20.1 Å². The van der Waals surface area contributed by atoms with Gasteiger partial charge in [-0.15, -0.1) is 0 Å². The van der Waals surface area contributed by atoms with Crippen LogP contribution in [0.2, 0.25) is 0 Å². The fourth-order valence-electron chi connectivity index (χ4n) is 2.16. The van der Waals surface area contributed by atoms with E-state index in [9.17, 15) is 14.4 Å². The number of para-hydroxylation sites is 2.